The molecule has 0 aromatic heterocycles. The summed E-state index contributed by atoms with van der Waals surface area (Å²) in [5.41, 5.74) is 0. The molecule has 3 saturated carbocycles. The molecule has 0 aromatic carbocycles. The third-order valence-corrected chi connectivity index (χ3v) is 3.40. The first-order chi connectivity index (χ1) is 3.79. The minimum Gasteiger partial charge on any atom is -0.0622 e. The standard InChI is InChI=1S/C8H14/c1-5-3-7-4-8(5)6(7)2/h5-8H,3-4H2,1-2H3/t5?,6-,7?,8?/m1/s1. The van der Waals surface area contributed by atoms with Gasteiger partial charge in [-0.3, -0.25) is 0 Å². The van der Waals surface area contributed by atoms with Crippen LogP contribution in [0.5, 0.6) is 0 Å². The summed E-state index contributed by atoms with van der Waals surface area (Å²) in [6.07, 6.45) is 3.09. The quantitative estimate of drug-likeness (QED) is 0.449. The average Bonchev–Trinajstić information content (AvgIpc) is 2.19. The van der Waals surface area contributed by atoms with E-state index in [9.17, 15) is 0 Å². The van der Waals surface area contributed by atoms with Crippen LogP contribution < -0.4 is 0 Å². The van der Waals surface area contributed by atoms with Gasteiger partial charge >= 0.3 is 0 Å². The fourth-order valence-electron chi connectivity index (χ4n) is 2.65. The van der Waals surface area contributed by atoms with Gasteiger partial charge in [0.1, 0.15) is 0 Å². The van der Waals surface area contributed by atoms with E-state index in [4.69, 9.17) is 0 Å². The second-order valence-corrected chi connectivity index (χ2v) is 3.73. The van der Waals surface area contributed by atoms with Gasteiger partial charge in [0.2, 0.25) is 0 Å². The summed E-state index contributed by atoms with van der Waals surface area (Å²) in [6, 6.07) is 0. The summed E-state index contributed by atoms with van der Waals surface area (Å²) in [4.78, 5) is 0. The lowest BCUT2D eigenvalue weighted by Gasteiger charge is -2.33. The molecule has 0 heteroatoms. The Morgan fingerprint density at radius 2 is 1.88 bits per heavy atom. The zero-order chi connectivity index (χ0) is 5.72. The molecule has 0 N–H and O–H groups in total. The summed E-state index contributed by atoms with van der Waals surface area (Å²) in [5.74, 6) is 4.41. The monoisotopic (exact) mass is 110 g/mol. The SMILES string of the molecule is CC1CC2CC1[C@@H]2C. The van der Waals surface area contributed by atoms with E-state index < -0.39 is 0 Å². The molecule has 3 fully saturated rings. The van der Waals surface area contributed by atoms with E-state index in [1.165, 1.54) is 6.42 Å². The first-order valence-electron chi connectivity index (χ1n) is 3.79. The molecular formula is C8H14. The first kappa shape index (κ1) is 4.84. The zero-order valence-corrected chi connectivity index (χ0v) is 5.72. The van der Waals surface area contributed by atoms with E-state index in [-0.39, 0.29) is 0 Å². The van der Waals surface area contributed by atoms with E-state index in [2.05, 4.69) is 13.8 Å². The molecule has 0 spiro atoms. The maximum absolute atomic E-state index is 2.42. The Bertz CT molecular complexity index is 103. The smallest absolute Gasteiger partial charge is 0.0357 e. The molecule has 3 rings (SSSR count). The van der Waals surface area contributed by atoms with Gasteiger partial charge in [-0.1, -0.05) is 13.8 Å². The van der Waals surface area contributed by atoms with Crippen molar-refractivity contribution in [2.24, 2.45) is 23.7 Å². The highest BCUT2D eigenvalue weighted by Crippen LogP contribution is 2.56. The summed E-state index contributed by atoms with van der Waals surface area (Å²) in [5, 5.41) is 0. The summed E-state index contributed by atoms with van der Waals surface area (Å²) in [6.45, 7) is 4.83. The molecule has 0 aromatic rings. The van der Waals surface area contributed by atoms with E-state index in [0.29, 0.717) is 0 Å². The maximum Gasteiger partial charge on any atom is -0.0357 e. The van der Waals surface area contributed by atoms with E-state index in [1.807, 2.05) is 0 Å². The molecule has 3 aliphatic carbocycles. The van der Waals surface area contributed by atoms with Gasteiger partial charge in [0.25, 0.3) is 0 Å². The van der Waals surface area contributed by atoms with Gasteiger partial charge in [0.05, 0.1) is 0 Å². The van der Waals surface area contributed by atoms with Gasteiger partial charge in [-0.2, -0.15) is 0 Å². The Kier molecular flexibility index (Phi) is 0.778. The van der Waals surface area contributed by atoms with Crippen molar-refractivity contribution >= 4 is 0 Å². The average molecular weight is 110 g/mol. The highest BCUT2D eigenvalue weighted by atomic mass is 14.5. The van der Waals surface area contributed by atoms with Crippen molar-refractivity contribution in [3.05, 3.63) is 0 Å². The van der Waals surface area contributed by atoms with Crippen molar-refractivity contribution in [1.29, 1.82) is 0 Å². The van der Waals surface area contributed by atoms with E-state index in [0.717, 1.165) is 23.7 Å². The maximum atomic E-state index is 2.42. The van der Waals surface area contributed by atoms with Gasteiger partial charge in [-0.15, -0.1) is 0 Å². The molecule has 0 heterocycles. The van der Waals surface area contributed by atoms with E-state index >= 15 is 0 Å². The fraction of sp³-hybridized carbons (Fsp3) is 1.00. The second kappa shape index (κ2) is 1.29. The molecule has 2 bridgehead atoms. The Morgan fingerprint density at radius 3 is 2.00 bits per heavy atom. The molecule has 0 radical (unpaired) electrons. The molecule has 0 saturated heterocycles. The van der Waals surface area contributed by atoms with Crippen LogP contribution in [0.1, 0.15) is 26.7 Å². The molecule has 46 valence electrons. The van der Waals surface area contributed by atoms with Crippen molar-refractivity contribution < 1.29 is 0 Å². The summed E-state index contributed by atoms with van der Waals surface area (Å²) in [7, 11) is 0. The van der Waals surface area contributed by atoms with Crippen LogP contribution >= 0.6 is 0 Å². The normalized spacial score (nSPS) is 60.8. The molecular weight excluding hydrogens is 96.1 g/mol. The van der Waals surface area contributed by atoms with Gasteiger partial charge in [-0.05, 0) is 36.5 Å². The Hall–Kier alpha value is 0. The highest BCUT2D eigenvalue weighted by Gasteiger charge is 2.47. The van der Waals surface area contributed by atoms with Gasteiger partial charge in [-0.25, -0.2) is 0 Å². The van der Waals surface area contributed by atoms with Crippen LogP contribution in [0.4, 0.5) is 0 Å². The van der Waals surface area contributed by atoms with Crippen molar-refractivity contribution in [1.82, 2.24) is 0 Å². The minimum absolute atomic E-state index is 1.06. The van der Waals surface area contributed by atoms with Crippen molar-refractivity contribution in [2.45, 2.75) is 26.7 Å². The Balaban J connectivity index is 2.13. The van der Waals surface area contributed by atoms with Gasteiger partial charge in [0, 0.05) is 0 Å². The predicted molar refractivity (Wildman–Crippen MR) is 34.5 cm³/mol. The molecule has 0 aliphatic heterocycles. The van der Waals surface area contributed by atoms with Crippen LogP contribution in [-0.4, -0.2) is 0 Å². The first-order valence-corrected chi connectivity index (χ1v) is 3.79. The lowest BCUT2D eigenvalue weighted by molar-refractivity contribution is 0.163. The van der Waals surface area contributed by atoms with Crippen molar-refractivity contribution in [2.75, 3.05) is 0 Å². The van der Waals surface area contributed by atoms with Crippen LogP contribution in [0.25, 0.3) is 0 Å². The third kappa shape index (κ3) is 0.375. The number of hydrogen-bond donors (Lipinski definition) is 0. The number of fused-ring (bicyclic) bond motifs is 1. The zero-order valence-electron chi connectivity index (χ0n) is 5.72. The largest absolute Gasteiger partial charge is 0.0622 e. The topological polar surface area (TPSA) is 0 Å². The number of hydrogen-bond acceptors (Lipinski definition) is 0. The molecule has 3 aliphatic rings. The molecule has 8 heavy (non-hydrogen) atoms. The molecule has 0 nitrogen and oxygen atoms in total. The highest BCUT2D eigenvalue weighted by molar-refractivity contribution is 4.97. The van der Waals surface area contributed by atoms with Gasteiger partial charge < -0.3 is 0 Å². The van der Waals surface area contributed by atoms with Crippen LogP contribution in [0.2, 0.25) is 0 Å². The van der Waals surface area contributed by atoms with Crippen molar-refractivity contribution in [3.8, 4) is 0 Å². The van der Waals surface area contributed by atoms with Gasteiger partial charge in [0.15, 0.2) is 0 Å². The second-order valence-electron chi connectivity index (χ2n) is 3.73. The van der Waals surface area contributed by atoms with E-state index in [1.54, 1.807) is 6.42 Å². The van der Waals surface area contributed by atoms with Crippen molar-refractivity contribution in [3.63, 3.8) is 0 Å². The van der Waals surface area contributed by atoms with Crippen LogP contribution in [0.3, 0.4) is 0 Å². The third-order valence-electron chi connectivity index (χ3n) is 3.40. The van der Waals surface area contributed by atoms with Crippen LogP contribution in [0, 0.1) is 23.7 Å². The lowest BCUT2D eigenvalue weighted by atomic mass is 9.72. The summed E-state index contributed by atoms with van der Waals surface area (Å²) >= 11 is 0. The molecule has 4 atom stereocenters. The lowest BCUT2D eigenvalue weighted by Crippen LogP contribution is -2.25. The molecule has 0 amide bonds. The minimum atomic E-state index is 1.06. The Labute approximate surface area is 51.3 Å². The van der Waals surface area contributed by atoms with Crippen LogP contribution in [-0.2, 0) is 0 Å². The fourth-order valence-corrected chi connectivity index (χ4v) is 2.65. The molecule has 3 unspecified atom stereocenters. The Morgan fingerprint density at radius 1 is 1.12 bits per heavy atom. The van der Waals surface area contributed by atoms with Crippen LogP contribution in [0.15, 0.2) is 0 Å². The predicted octanol–water partition coefficient (Wildman–Crippen LogP) is 2.30. The number of rotatable bonds is 0. The summed E-state index contributed by atoms with van der Waals surface area (Å²) < 4.78 is 0.